The predicted molar refractivity (Wildman–Crippen MR) is 81.1 cm³/mol. The number of methoxy groups -OCH3 is 1. The summed E-state index contributed by atoms with van der Waals surface area (Å²) in [5.41, 5.74) is 0.943. The predicted octanol–water partition coefficient (Wildman–Crippen LogP) is 1.76. The van der Waals surface area contributed by atoms with E-state index in [0.717, 1.165) is 24.4 Å². The molecule has 0 spiro atoms. The Hall–Kier alpha value is -1.10. The molecule has 1 saturated heterocycles. The Morgan fingerprint density at radius 3 is 2.50 bits per heavy atom. The van der Waals surface area contributed by atoms with Gasteiger partial charge in [-0.15, -0.1) is 0 Å². The number of hydrogen-bond acceptors (Lipinski definition) is 4. The maximum absolute atomic E-state index is 10.3. The Labute approximate surface area is 122 Å². The maximum Gasteiger partial charge on any atom is 0.118 e. The van der Waals surface area contributed by atoms with Crippen LogP contribution in [0.3, 0.4) is 0 Å². The third kappa shape index (κ3) is 4.47. The standard InChI is InChI=1S/C16H26N2O2/c1-17(11-12-18-9-3-4-10-18)13-16(19)14-5-7-15(20-2)8-6-14/h5-8,16,19H,3-4,9-13H2,1-2H3. The molecule has 4 nitrogen and oxygen atoms in total. The van der Waals surface area contributed by atoms with Crippen molar-refractivity contribution in [2.24, 2.45) is 0 Å². The lowest BCUT2D eigenvalue weighted by Gasteiger charge is -2.23. The Bertz CT molecular complexity index is 388. The first kappa shape index (κ1) is 15.3. The normalized spacial score (nSPS) is 17.6. The molecule has 0 aromatic heterocycles. The zero-order valence-electron chi connectivity index (χ0n) is 12.6. The van der Waals surface area contributed by atoms with Gasteiger partial charge in [-0.2, -0.15) is 0 Å². The van der Waals surface area contributed by atoms with Crippen LogP contribution < -0.4 is 4.74 Å². The Kier molecular flexibility index (Phi) is 5.83. The summed E-state index contributed by atoms with van der Waals surface area (Å²) in [6.07, 6.45) is 2.22. The summed E-state index contributed by atoms with van der Waals surface area (Å²) in [4.78, 5) is 4.70. The van der Waals surface area contributed by atoms with Crippen LogP contribution in [0.25, 0.3) is 0 Å². The van der Waals surface area contributed by atoms with Crippen LogP contribution in [0.1, 0.15) is 24.5 Å². The molecule has 1 aromatic carbocycles. The van der Waals surface area contributed by atoms with E-state index in [1.807, 2.05) is 24.3 Å². The average Bonchev–Trinajstić information content (AvgIpc) is 2.98. The topological polar surface area (TPSA) is 35.9 Å². The molecule has 1 aromatic rings. The van der Waals surface area contributed by atoms with E-state index in [9.17, 15) is 5.11 Å². The van der Waals surface area contributed by atoms with Crippen molar-refractivity contribution in [1.82, 2.24) is 9.80 Å². The summed E-state index contributed by atoms with van der Waals surface area (Å²) < 4.78 is 5.13. The number of rotatable bonds is 7. The number of likely N-dealkylation sites (tertiary alicyclic amines) is 1. The van der Waals surface area contributed by atoms with Gasteiger partial charge in [0.05, 0.1) is 13.2 Å². The summed E-state index contributed by atoms with van der Waals surface area (Å²) in [5.74, 6) is 0.823. The maximum atomic E-state index is 10.3. The minimum absolute atomic E-state index is 0.440. The van der Waals surface area contributed by atoms with E-state index in [2.05, 4.69) is 16.8 Å². The molecular weight excluding hydrogens is 252 g/mol. The van der Waals surface area contributed by atoms with E-state index in [4.69, 9.17) is 4.74 Å². The number of aliphatic hydroxyl groups excluding tert-OH is 1. The van der Waals surface area contributed by atoms with Gasteiger partial charge in [0, 0.05) is 19.6 Å². The summed E-state index contributed by atoms with van der Waals surface area (Å²) in [7, 11) is 3.72. The molecule has 2 rings (SSSR count). The molecule has 1 aliphatic rings. The van der Waals surface area contributed by atoms with Gasteiger partial charge < -0.3 is 19.6 Å². The van der Waals surface area contributed by atoms with Gasteiger partial charge in [-0.05, 0) is 50.7 Å². The SMILES string of the molecule is COc1ccc(C(O)CN(C)CCN2CCCC2)cc1. The van der Waals surface area contributed by atoms with Gasteiger partial charge in [0.15, 0.2) is 0 Å². The summed E-state index contributed by atoms with van der Waals surface area (Å²) in [6, 6.07) is 7.64. The van der Waals surface area contributed by atoms with Crippen LogP contribution >= 0.6 is 0 Å². The van der Waals surface area contributed by atoms with Gasteiger partial charge >= 0.3 is 0 Å². The lowest BCUT2D eigenvalue weighted by Crippen LogP contribution is -2.33. The highest BCUT2D eigenvalue weighted by molar-refractivity contribution is 5.28. The minimum atomic E-state index is -0.440. The van der Waals surface area contributed by atoms with Gasteiger partial charge in [0.1, 0.15) is 5.75 Å². The van der Waals surface area contributed by atoms with E-state index >= 15 is 0 Å². The van der Waals surface area contributed by atoms with Crippen molar-refractivity contribution < 1.29 is 9.84 Å². The third-order valence-electron chi connectivity index (χ3n) is 3.98. The van der Waals surface area contributed by atoms with Crippen LogP contribution in [0.15, 0.2) is 24.3 Å². The van der Waals surface area contributed by atoms with Crippen LogP contribution in [0.2, 0.25) is 0 Å². The highest BCUT2D eigenvalue weighted by Gasteiger charge is 2.14. The second kappa shape index (κ2) is 7.62. The first-order valence-corrected chi connectivity index (χ1v) is 7.42. The van der Waals surface area contributed by atoms with Gasteiger partial charge in [-0.25, -0.2) is 0 Å². The highest BCUT2D eigenvalue weighted by Crippen LogP contribution is 2.18. The second-order valence-electron chi connectivity index (χ2n) is 5.60. The van der Waals surface area contributed by atoms with Crippen LogP contribution in [0, 0.1) is 0 Å². The van der Waals surface area contributed by atoms with Gasteiger partial charge in [-0.3, -0.25) is 0 Å². The zero-order valence-corrected chi connectivity index (χ0v) is 12.6. The van der Waals surface area contributed by atoms with E-state index in [0.29, 0.717) is 6.54 Å². The molecular formula is C16H26N2O2. The van der Waals surface area contributed by atoms with E-state index in [-0.39, 0.29) is 0 Å². The monoisotopic (exact) mass is 278 g/mol. The number of aliphatic hydroxyl groups is 1. The van der Waals surface area contributed by atoms with Gasteiger partial charge in [-0.1, -0.05) is 12.1 Å². The first-order valence-electron chi connectivity index (χ1n) is 7.42. The average molecular weight is 278 g/mol. The van der Waals surface area contributed by atoms with E-state index < -0.39 is 6.10 Å². The van der Waals surface area contributed by atoms with Crippen molar-refractivity contribution in [3.63, 3.8) is 0 Å². The molecule has 112 valence electrons. The number of nitrogens with zero attached hydrogens (tertiary/aromatic N) is 2. The molecule has 0 bridgehead atoms. The molecule has 1 heterocycles. The molecule has 1 fully saturated rings. The molecule has 1 aliphatic heterocycles. The van der Waals surface area contributed by atoms with E-state index in [1.165, 1.54) is 25.9 Å². The van der Waals surface area contributed by atoms with Gasteiger partial charge in [0.25, 0.3) is 0 Å². The van der Waals surface area contributed by atoms with E-state index in [1.54, 1.807) is 7.11 Å². The minimum Gasteiger partial charge on any atom is -0.497 e. The molecule has 20 heavy (non-hydrogen) atoms. The Morgan fingerprint density at radius 2 is 1.90 bits per heavy atom. The van der Waals surface area contributed by atoms with Crippen LogP contribution in [-0.2, 0) is 0 Å². The number of benzene rings is 1. The quantitative estimate of drug-likeness (QED) is 0.824. The van der Waals surface area contributed by atoms with Crippen LogP contribution in [-0.4, -0.2) is 61.8 Å². The molecule has 1 unspecified atom stereocenters. The Morgan fingerprint density at radius 1 is 1.25 bits per heavy atom. The molecule has 1 atom stereocenters. The van der Waals surface area contributed by atoms with Crippen molar-refractivity contribution >= 4 is 0 Å². The fraction of sp³-hybridized carbons (Fsp3) is 0.625. The van der Waals surface area contributed by atoms with Crippen molar-refractivity contribution in [2.75, 3.05) is 46.9 Å². The van der Waals surface area contributed by atoms with Crippen molar-refractivity contribution in [2.45, 2.75) is 18.9 Å². The lowest BCUT2D eigenvalue weighted by molar-refractivity contribution is 0.121. The van der Waals surface area contributed by atoms with Gasteiger partial charge in [0.2, 0.25) is 0 Å². The summed E-state index contributed by atoms with van der Waals surface area (Å²) >= 11 is 0. The number of likely N-dealkylation sites (N-methyl/N-ethyl adjacent to an activating group) is 1. The van der Waals surface area contributed by atoms with Crippen LogP contribution in [0.5, 0.6) is 5.75 Å². The fourth-order valence-electron chi connectivity index (χ4n) is 2.64. The molecule has 0 amide bonds. The Balaban J connectivity index is 1.75. The van der Waals surface area contributed by atoms with Crippen LogP contribution in [0.4, 0.5) is 0 Å². The second-order valence-corrected chi connectivity index (χ2v) is 5.60. The fourth-order valence-corrected chi connectivity index (χ4v) is 2.64. The molecule has 0 saturated carbocycles. The highest BCUT2D eigenvalue weighted by atomic mass is 16.5. The zero-order chi connectivity index (χ0) is 14.4. The molecule has 0 radical (unpaired) electrons. The summed E-state index contributed by atoms with van der Waals surface area (Å²) in [5, 5.41) is 10.3. The third-order valence-corrected chi connectivity index (χ3v) is 3.98. The van der Waals surface area contributed by atoms with Crippen molar-refractivity contribution in [3.8, 4) is 5.75 Å². The first-order chi connectivity index (χ1) is 9.69. The molecule has 4 heteroatoms. The summed E-state index contributed by atoms with van der Waals surface area (Å²) in [6.45, 7) is 5.24. The van der Waals surface area contributed by atoms with Crippen molar-refractivity contribution in [1.29, 1.82) is 0 Å². The molecule has 0 aliphatic carbocycles. The number of ether oxygens (including phenoxy) is 1. The van der Waals surface area contributed by atoms with Crippen molar-refractivity contribution in [3.05, 3.63) is 29.8 Å². The smallest absolute Gasteiger partial charge is 0.118 e. The largest absolute Gasteiger partial charge is 0.497 e. The number of hydrogen-bond donors (Lipinski definition) is 1. The molecule has 1 N–H and O–H groups in total. The lowest BCUT2D eigenvalue weighted by atomic mass is 10.1.